The summed E-state index contributed by atoms with van der Waals surface area (Å²) in [4.78, 5) is 0. The van der Waals surface area contributed by atoms with E-state index in [0.29, 0.717) is 6.54 Å². The van der Waals surface area contributed by atoms with Gasteiger partial charge in [0, 0.05) is 9.50 Å². The molecule has 0 aliphatic rings. The van der Waals surface area contributed by atoms with Gasteiger partial charge in [-0.2, -0.15) is 0 Å². The highest BCUT2D eigenvalue weighted by atomic mass is 79.9. The van der Waals surface area contributed by atoms with Crippen LogP contribution in [0.3, 0.4) is 0 Å². The normalized spacial score (nSPS) is 11.0. The molecule has 1 heterocycles. The highest BCUT2D eigenvalue weighted by Crippen LogP contribution is 2.23. The van der Waals surface area contributed by atoms with Gasteiger partial charge >= 0.3 is 0 Å². The van der Waals surface area contributed by atoms with Gasteiger partial charge in [-0.05, 0) is 29.8 Å². The third-order valence-electron chi connectivity index (χ3n) is 2.76. The fourth-order valence-electron chi connectivity index (χ4n) is 1.85. The summed E-state index contributed by atoms with van der Waals surface area (Å²) in [5.74, 6) is 0. The number of para-hydroxylation sites is 1. The third-order valence-corrected chi connectivity index (χ3v) is 3.60. The first-order valence-corrected chi connectivity index (χ1v) is 6.63. The minimum Gasteiger partial charge on any atom is -0.240 e. The molecule has 0 aliphatic carbocycles. The fourth-order valence-corrected chi connectivity index (χ4v) is 2.58. The summed E-state index contributed by atoms with van der Waals surface area (Å²) >= 11 is 9.60. The van der Waals surface area contributed by atoms with Crippen molar-refractivity contribution in [3.05, 3.63) is 57.5 Å². The van der Waals surface area contributed by atoms with Gasteiger partial charge in [0.25, 0.3) is 0 Å². The molecule has 2 aromatic carbocycles. The van der Waals surface area contributed by atoms with E-state index in [1.54, 1.807) is 0 Å². The first kappa shape index (κ1) is 11.7. The van der Waals surface area contributed by atoms with Gasteiger partial charge in [0.15, 0.2) is 0 Å². The topological polar surface area (TPSA) is 30.7 Å². The molecule has 0 amide bonds. The molecular formula is C13H9BrClN3. The van der Waals surface area contributed by atoms with Crippen LogP contribution in [-0.4, -0.2) is 15.0 Å². The average Bonchev–Trinajstić information content (AvgIpc) is 2.76. The Kier molecular flexibility index (Phi) is 3.06. The summed E-state index contributed by atoms with van der Waals surface area (Å²) in [6, 6.07) is 13.7. The second-order valence-corrected chi connectivity index (χ2v) is 5.29. The molecule has 90 valence electrons. The average molecular weight is 323 g/mol. The third kappa shape index (κ3) is 2.13. The molecule has 3 rings (SSSR count). The Morgan fingerprint density at radius 2 is 2.00 bits per heavy atom. The van der Waals surface area contributed by atoms with Crippen molar-refractivity contribution in [2.75, 3.05) is 0 Å². The van der Waals surface area contributed by atoms with E-state index in [-0.39, 0.29) is 0 Å². The van der Waals surface area contributed by atoms with Crippen LogP contribution in [0.4, 0.5) is 0 Å². The van der Waals surface area contributed by atoms with Gasteiger partial charge < -0.3 is 0 Å². The van der Waals surface area contributed by atoms with Gasteiger partial charge in [0.2, 0.25) is 0 Å². The van der Waals surface area contributed by atoms with Crippen molar-refractivity contribution in [3.63, 3.8) is 0 Å². The molecule has 0 fully saturated rings. The SMILES string of the molecule is Clc1cc(Br)ccc1Cn1nnc2ccccc21. The van der Waals surface area contributed by atoms with Crippen LogP contribution in [0.15, 0.2) is 46.9 Å². The minimum absolute atomic E-state index is 0.618. The van der Waals surface area contributed by atoms with Gasteiger partial charge in [-0.1, -0.05) is 50.9 Å². The van der Waals surface area contributed by atoms with Crippen molar-refractivity contribution in [2.45, 2.75) is 6.54 Å². The van der Waals surface area contributed by atoms with E-state index in [1.165, 1.54) is 0 Å². The molecule has 0 radical (unpaired) electrons. The van der Waals surface area contributed by atoms with E-state index in [1.807, 2.05) is 47.1 Å². The molecule has 0 bridgehead atoms. The molecule has 0 atom stereocenters. The van der Waals surface area contributed by atoms with Crippen molar-refractivity contribution < 1.29 is 0 Å². The summed E-state index contributed by atoms with van der Waals surface area (Å²) in [7, 11) is 0. The highest BCUT2D eigenvalue weighted by Gasteiger charge is 2.06. The predicted molar refractivity (Wildman–Crippen MR) is 75.8 cm³/mol. The molecule has 0 N–H and O–H groups in total. The Bertz CT molecular complexity index is 708. The van der Waals surface area contributed by atoms with Crippen molar-refractivity contribution in [1.82, 2.24) is 15.0 Å². The van der Waals surface area contributed by atoms with E-state index in [0.717, 1.165) is 26.1 Å². The number of hydrogen-bond donors (Lipinski definition) is 0. The number of halogens is 2. The van der Waals surface area contributed by atoms with E-state index < -0.39 is 0 Å². The number of aromatic nitrogens is 3. The lowest BCUT2D eigenvalue weighted by Gasteiger charge is -2.05. The molecule has 1 aromatic heterocycles. The smallest absolute Gasteiger partial charge is 0.113 e. The lowest BCUT2D eigenvalue weighted by atomic mass is 10.2. The lowest BCUT2D eigenvalue weighted by Crippen LogP contribution is -2.02. The number of fused-ring (bicyclic) bond motifs is 1. The standard InChI is InChI=1S/C13H9BrClN3/c14-10-6-5-9(11(15)7-10)8-18-13-4-2-1-3-12(13)16-17-18/h1-7H,8H2. The van der Waals surface area contributed by atoms with Crippen LogP contribution in [0.2, 0.25) is 5.02 Å². The predicted octanol–water partition coefficient (Wildman–Crippen LogP) is 3.90. The van der Waals surface area contributed by atoms with Crippen LogP contribution in [0, 0.1) is 0 Å². The second-order valence-electron chi connectivity index (χ2n) is 3.97. The number of hydrogen-bond acceptors (Lipinski definition) is 2. The zero-order valence-corrected chi connectivity index (χ0v) is 11.7. The molecule has 0 saturated heterocycles. The minimum atomic E-state index is 0.618. The van der Waals surface area contributed by atoms with Gasteiger partial charge in [-0.15, -0.1) is 5.10 Å². The number of benzene rings is 2. The largest absolute Gasteiger partial charge is 0.240 e. The number of rotatable bonds is 2. The monoisotopic (exact) mass is 321 g/mol. The van der Waals surface area contributed by atoms with Gasteiger partial charge in [-0.3, -0.25) is 0 Å². The first-order chi connectivity index (χ1) is 8.74. The molecule has 0 saturated carbocycles. The van der Waals surface area contributed by atoms with Crippen LogP contribution in [0.25, 0.3) is 11.0 Å². The summed E-state index contributed by atoms with van der Waals surface area (Å²) in [5, 5.41) is 9.00. The quantitative estimate of drug-likeness (QED) is 0.716. The van der Waals surface area contributed by atoms with Crippen LogP contribution < -0.4 is 0 Å². The molecule has 3 nitrogen and oxygen atoms in total. The van der Waals surface area contributed by atoms with E-state index >= 15 is 0 Å². The van der Waals surface area contributed by atoms with Crippen molar-refractivity contribution in [1.29, 1.82) is 0 Å². The van der Waals surface area contributed by atoms with E-state index in [4.69, 9.17) is 11.6 Å². The van der Waals surface area contributed by atoms with Crippen molar-refractivity contribution in [2.24, 2.45) is 0 Å². The Labute approximate surface area is 118 Å². The second kappa shape index (κ2) is 4.71. The summed E-state index contributed by atoms with van der Waals surface area (Å²) in [6.07, 6.45) is 0. The molecule has 0 unspecified atom stereocenters. The Hall–Kier alpha value is -1.39. The zero-order valence-electron chi connectivity index (χ0n) is 9.35. The maximum atomic E-state index is 6.21. The van der Waals surface area contributed by atoms with Gasteiger partial charge in [0.05, 0.1) is 12.1 Å². The van der Waals surface area contributed by atoms with Crippen LogP contribution in [0.1, 0.15) is 5.56 Å². The first-order valence-electron chi connectivity index (χ1n) is 5.46. The van der Waals surface area contributed by atoms with E-state index in [9.17, 15) is 0 Å². The fraction of sp³-hybridized carbons (Fsp3) is 0.0769. The maximum absolute atomic E-state index is 6.21. The summed E-state index contributed by atoms with van der Waals surface area (Å²) in [6.45, 7) is 0.618. The van der Waals surface area contributed by atoms with Crippen molar-refractivity contribution >= 4 is 38.6 Å². The highest BCUT2D eigenvalue weighted by molar-refractivity contribution is 9.10. The molecule has 0 spiro atoms. The van der Waals surface area contributed by atoms with Crippen LogP contribution in [-0.2, 0) is 6.54 Å². The van der Waals surface area contributed by atoms with Gasteiger partial charge in [0.1, 0.15) is 5.52 Å². The van der Waals surface area contributed by atoms with Crippen molar-refractivity contribution in [3.8, 4) is 0 Å². The molecule has 0 aliphatic heterocycles. The van der Waals surface area contributed by atoms with Crippen LogP contribution in [0.5, 0.6) is 0 Å². The zero-order chi connectivity index (χ0) is 12.5. The molecule has 3 aromatic rings. The van der Waals surface area contributed by atoms with Crippen LogP contribution >= 0.6 is 27.5 Å². The van der Waals surface area contributed by atoms with Gasteiger partial charge in [-0.25, -0.2) is 4.68 Å². The molecular weight excluding hydrogens is 314 g/mol. The molecule has 5 heteroatoms. The summed E-state index contributed by atoms with van der Waals surface area (Å²) < 4.78 is 2.82. The Morgan fingerprint density at radius 3 is 2.83 bits per heavy atom. The number of nitrogens with zero attached hydrogens (tertiary/aromatic N) is 3. The molecule has 18 heavy (non-hydrogen) atoms. The Morgan fingerprint density at radius 1 is 1.17 bits per heavy atom. The lowest BCUT2D eigenvalue weighted by molar-refractivity contribution is 0.670. The maximum Gasteiger partial charge on any atom is 0.113 e. The Balaban J connectivity index is 2.01. The summed E-state index contributed by atoms with van der Waals surface area (Å²) in [5.41, 5.74) is 2.93. The van der Waals surface area contributed by atoms with E-state index in [2.05, 4.69) is 26.2 Å².